The van der Waals surface area contributed by atoms with Crippen LogP contribution < -0.4 is 10.1 Å². The number of nitrogens with one attached hydrogen (secondary N) is 1. The van der Waals surface area contributed by atoms with Gasteiger partial charge in [0.15, 0.2) is 0 Å². The zero-order chi connectivity index (χ0) is 14.5. The molecule has 1 aromatic carbocycles. The van der Waals surface area contributed by atoms with Gasteiger partial charge < -0.3 is 19.9 Å². The standard InChI is InChI=1S/C15H25NO3/c1-11-6-7-14(18-4)12(8-11)13(17)9-16-10-15(2,3)19-5/h6-8,13,16-17H,9-10H2,1-5H3. The maximum absolute atomic E-state index is 10.2. The Morgan fingerprint density at radius 2 is 2.00 bits per heavy atom. The van der Waals surface area contributed by atoms with E-state index >= 15 is 0 Å². The van der Waals surface area contributed by atoms with Gasteiger partial charge in [0.25, 0.3) is 0 Å². The molecule has 1 aromatic rings. The maximum Gasteiger partial charge on any atom is 0.124 e. The van der Waals surface area contributed by atoms with Crippen molar-refractivity contribution in [3.05, 3.63) is 29.3 Å². The molecule has 0 radical (unpaired) electrons. The molecule has 0 bridgehead atoms. The highest BCUT2D eigenvalue weighted by atomic mass is 16.5. The number of benzene rings is 1. The third kappa shape index (κ3) is 4.82. The molecule has 4 heteroatoms. The van der Waals surface area contributed by atoms with Crippen molar-refractivity contribution in [3.8, 4) is 5.75 Å². The Hall–Kier alpha value is -1.10. The van der Waals surface area contributed by atoms with E-state index in [9.17, 15) is 5.11 Å². The highest BCUT2D eigenvalue weighted by Gasteiger charge is 2.18. The minimum absolute atomic E-state index is 0.240. The van der Waals surface area contributed by atoms with Crippen LogP contribution in [0.4, 0.5) is 0 Å². The zero-order valence-electron chi connectivity index (χ0n) is 12.5. The SMILES string of the molecule is COc1ccc(C)cc1C(O)CNCC(C)(C)OC. The predicted octanol–water partition coefficient (Wildman–Crippen LogP) is 2.05. The molecule has 0 saturated heterocycles. The van der Waals surface area contributed by atoms with Gasteiger partial charge in [0.1, 0.15) is 5.75 Å². The molecule has 1 unspecified atom stereocenters. The molecule has 0 aromatic heterocycles. The van der Waals surface area contributed by atoms with Crippen LogP contribution in [0.1, 0.15) is 31.1 Å². The van der Waals surface area contributed by atoms with Crippen molar-refractivity contribution in [1.29, 1.82) is 0 Å². The van der Waals surface area contributed by atoms with Gasteiger partial charge in [0.2, 0.25) is 0 Å². The second kappa shape index (κ2) is 6.89. The van der Waals surface area contributed by atoms with Gasteiger partial charge in [0.05, 0.1) is 18.8 Å². The molecule has 19 heavy (non-hydrogen) atoms. The summed E-state index contributed by atoms with van der Waals surface area (Å²) in [7, 11) is 3.30. The van der Waals surface area contributed by atoms with Crippen LogP contribution in [-0.2, 0) is 4.74 Å². The van der Waals surface area contributed by atoms with Gasteiger partial charge in [-0.3, -0.25) is 0 Å². The summed E-state index contributed by atoms with van der Waals surface area (Å²) in [5, 5.41) is 13.5. The highest BCUT2D eigenvalue weighted by molar-refractivity contribution is 5.38. The van der Waals surface area contributed by atoms with Gasteiger partial charge in [-0.2, -0.15) is 0 Å². The Labute approximate surface area is 115 Å². The van der Waals surface area contributed by atoms with E-state index in [0.717, 1.165) is 11.1 Å². The summed E-state index contributed by atoms with van der Waals surface area (Å²) in [5.41, 5.74) is 1.67. The fraction of sp³-hybridized carbons (Fsp3) is 0.600. The maximum atomic E-state index is 10.2. The first kappa shape index (κ1) is 16.0. The van der Waals surface area contributed by atoms with Crippen LogP contribution in [0.2, 0.25) is 0 Å². The summed E-state index contributed by atoms with van der Waals surface area (Å²) in [4.78, 5) is 0. The Bertz CT molecular complexity index is 404. The molecule has 0 heterocycles. The monoisotopic (exact) mass is 267 g/mol. The lowest BCUT2D eigenvalue weighted by Crippen LogP contribution is -2.38. The van der Waals surface area contributed by atoms with E-state index in [1.54, 1.807) is 14.2 Å². The van der Waals surface area contributed by atoms with Gasteiger partial charge in [-0.05, 0) is 32.9 Å². The average Bonchev–Trinajstić information content (AvgIpc) is 2.38. The van der Waals surface area contributed by atoms with Crippen molar-refractivity contribution in [2.45, 2.75) is 32.5 Å². The van der Waals surface area contributed by atoms with Crippen LogP contribution in [-0.4, -0.2) is 38.0 Å². The first-order valence-electron chi connectivity index (χ1n) is 6.48. The van der Waals surface area contributed by atoms with Gasteiger partial charge >= 0.3 is 0 Å². The number of aryl methyl sites for hydroxylation is 1. The second-order valence-electron chi connectivity index (χ2n) is 5.36. The van der Waals surface area contributed by atoms with Crippen LogP contribution in [0, 0.1) is 6.92 Å². The summed E-state index contributed by atoms with van der Waals surface area (Å²) in [6.07, 6.45) is -0.595. The lowest BCUT2D eigenvalue weighted by molar-refractivity contribution is 0.0207. The summed E-state index contributed by atoms with van der Waals surface area (Å²) >= 11 is 0. The number of methoxy groups -OCH3 is 2. The number of aliphatic hydroxyl groups is 1. The van der Waals surface area contributed by atoms with Gasteiger partial charge in [-0.25, -0.2) is 0 Å². The molecule has 0 saturated carbocycles. The average molecular weight is 267 g/mol. The van der Waals surface area contributed by atoms with Crippen molar-refractivity contribution < 1.29 is 14.6 Å². The Kier molecular flexibility index (Phi) is 5.79. The molecule has 0 amide bonds. The first-order valence-corrected chi connectivity index (χ1v) is 6.48. The van der Waals surface area contributed by atoms with Crippen molar-refractivity contribution in [2.75, 3.05) is 27.3 Å². The van der Waals surface area contributed by atoms with Crippen LogP contribution in [0.3, 0.4) is 0 Å². The van der Waals surface area contributed by atoms with Gasteiger partial charge in [-0.1, -0.05) is 11.6 Å². The Morgan fingerprint density at radius 3 is 2.58 bits per heavy atom. The Balaban J connectivity index is 2.63. The summed E-state index contributed by atoms with van der Waals surface area (Å²) in [6.45, 7) is 7.14. The topological polar surface area (TPSA) is 50.7 Å². The molecule has 0 spiro atoms. The van der Waals surface area contributed by atoms with Crippen LogP contribution >= 0.6 is 0 Å². The lowest BCUT2D eigenvalue weighted by atomic mass is 10.0. The molecule has 1 atom stereocenters. The molecular formula is C15H25NO3. The minimum Gasteiger partial charge on any atom is -0.496 e. The normalized spacial score (nSPS) is 13.4. The Morgan fingerprint density at radius 1 is 1.32 bits per heavy atom. The zero-order valence-corrected chi connectivity index (χ0v) is 12.5. The van der Waals surface area contributed by atoms with Crippen molar-refractivity contribution in [2.24, 2.45) is 0 Å². The lowest BCUT2D eigenvalue weighted by Gasteiger charge is -2.24. The van der Waals surface area contributed by atoms with E-state index in [4.69, 9.17) is 9.47 Å². The number of hydrogen-bond donors (Lipinski definition) is 2. The van der Waals surface area contributed by atoms with Crippen LogP contribution in [0.25, 0.3) is 0 Å². The second-order valence-corrected chi connectivity index (χ2v) is 5.36. The predicted molar refractivity (Wildman–Crippen MR) is 76.6 cm³/mol. The largest absolute Gasteiger partial charge is 0.496 e. The molecule has 0 aliphatic carbocycles. The molecule has 4 nitrogen and oxygen atoms in total. The highest BCUT2D eigenvalue weighted by Crippen LogP contribution is 2.25. The van der Waals surface area contributed by atoms with E-state index in [1.807, 2.05) is 39.0 Å². The van der Waals surface area contributed by atoms with E-state index in [2.05, 4.69) is 5.32 Å². The van der Waals surface area contributed by atoms with Crippen molar-refractivity contribution in [3.63, 3.8) is 0 Å². The molecule has 2 N–H and O–H groups in total. The van der Waals surface area contributed by atoms with E-state index in [-0.39, 0.29) is 5.60 Å². The van der Waals surface area contributed by atoms with Gasteiger partial charge in [0, 0.05) is 25.8 Å². The van der Waals surface area contributed by atoms with Crippen molar-refractivity contribution >= 4 is 0 Å². The summed E-state index contributed by atoms with van der Waals surface area (Å²) < 4.78 is 10.6. The molecule has 0 fully saturated rings. The third-order valence-corrected chi connectivity index (χ3v) is 3.19. The van der Waals surface area contributed by atoms with E-state index < -0.39 is 6.10 Å². The molecule has 108 valence electrons. The van der Waals surface area contributed by atoms with Crippen molar-refractivity contribution in [1.82, 2.24) is 5.32 Å². The summed E-state index contributed by atoms with van der Waals surface area (Å²) in [6, 6.07) is 5.80. The van der Waals surface area contributed by atoms with Crippen LogP contribution in [0.5, 0.6) is 5.75 Å². The van der Waals surface area contributed by atoms with Crippen LogP contribution in [0.15, 0.2) is 18.2 Å². The molecule has 0 aliphatic rings. The number of aliphatic hydroxyl groups excluding tert-OH is 1. The molecular weight excluding hydrogens is 242 g/mol. The fourth-order valence-electron chi connectivity index (χ4n) is 1.81. The summed E-state index contributed by atoms with van der Waals surface area (Å²) in [5.74, 6) is 0.714. The van der Waals surface area contributed by atoms with E-state index in [1.165, 1.54) is 0 Å². The number of ether oxygens (including phenoxy) is 2. The minimum atomic E-state index is -0.595. The smallest absolute Gasteiger partial charge is 0.124 e. The van der Waals surface area contributed by atoms with Gasteiger partial charge in [-0.15, -0.1) is 0 Å². The number of rotatable bonds is 7. The van der Waals surface area contributed by atoms with E-state index in [0.29, 0.717) is 18.8 Å². The fourth-order valence-corrected chi connectivity index (χ4v) is 1.81. The molecule has 0 aliphatic heterocycles. The molecule has 1 rings (SSSR count). The quantitative estimate of drug-likeness (QED) is 0.794. The first-order chi connectivity index (χ1) is 8.89. The number of hydrogen-bond acceptors (Lipinski definition) is 4. The third-order valence-electron chi connectivity index (χ3n) is 3.19.